The van der Waals surface area contributed by atoms with Gasteiger partial charge in [0.1, 0.15) is 9.84 Å². The van der Waals surface area contributed by atoms with Crippen LogP contribution in [-0.4, -0.2) is 68.9 Å². The largest absolute Gasteiger partial charge is 0.416 e. The van der Waals surface area contributed by atoms with Gasteiger partial charge >= 0.3 is 6.18 Å². The van der Waals surface area contributed by atoms with Crippen LogP contribution in [0.25, 0.3) is 0 Å². The lowest BCUT2D eigenvalue weighted by atomic mass is 9.82. The van der Waals surface area contributed by atoms with Gasteiger partial charge in [0.25, 0.3) is 5.91 Å². The van der Waals surface area contributed by atoms with Crippen molar-refractivity contribution in [3.63, 3.8) is 0 Å². The number of rotatable bonds is 10. The van der Waals surface area contributed by atoms with E-state index in [9.17, 15) is 31.2 Å². The first-order chi connectivity index (χ1) is 16.4. The second-order valence-corrected chi connectivity index (χ2v) is 12.1. The molecule has 0 bridgehead atoms. The number of amides is 2. The van der Waals surface area contributed by atoms with Gasteiger partial charge in [-0.3, -0.25) is 9.59 Å². The van der Waals surface area contributed by atoms with E-state index in [1.165, 1.54) is 18.9 Å². The van der Waals surface area contributed by atoms with E-state index in [2.05, 4.69) is 22.6 Å². The van der Waals surface area contributed by atoms with Gasteiger partial charge in [-0.2, -0.15) is 13.2 Å². The summed E-state index contributed by atoms with van der Waals surface area (Å²) in [5, 5.41) is 5.21. The average molecular weight is 518 g/mol. The number of carbonyl (C=O) groups excluding carboxylic acids is 2. The van der Waals surface area contributed by atoms with Gasteiger partial charge in [-0.1, -0.05) is 13.0 Å². The number of alkyl halides is 3. The molecule has 0 aliphatic heterocycles. The molecule has 2 aliphatic rings. The van der Waals surface area contributed by atoms with Crippen LogP contribution >= 0.6 is 0 Å². The molecule has 1 aromatic rings. The Balaban J connectivity index is 1.58. The molecule has 0 spiro atoms. The lowest BCUT2D eigenvalue weighted by molar-refractivity contribution is -0.137. The summed E-state index contributed by atoms with van der Waals surface area (Å²) in [6.45, 7) is 2.19. The lowest BCUT2D eigenvalue weighted by Gasteiger charge is -2.40. The van der Waals surface area contributed by atoms with Crippen LogP contribution in [0.5, 0.6) is 0 Å². The maximum atomic E-state index is 12.9. The molecule has 3 rings (SSSR count). The highest BCUT2D eigenvalue weighted by molar-refractivity contribution is 7.91. The first-order valence-corrected chi connectivity index (χ1v) is 13.9. The maximum absolute atomic E-state index is 12.9. The van der Waals surface area contributed by atoms with Gasteiger partial charge in [-0.15, -0.1) is 0 Å². The number of benzene rings is 1. The Kier molecular flexibility index (Phi) is 8.85. The molecule has 0 unspecified atom stereocenters. The summed E-state index contributed by atoms with van der Waals surface area (Å²) in [6, 6.07) is 3.88. The molecule has 0 radical (unpaired) electrons. The van der Waals surface area contributed by atoms with Crippen molar-refractivity contribution in [2.45, 2.75) is 57.3 Å². The van der Waals surface area contributed by atoms with Crippen LogP contribution in [0.2, 0.25) is 0 Å². The Hall–Kier alpha value is -2.14. The Morgan fingerprint density at radius 3 is 2.49 bits per heavy atom. The quantitative estimate of drug-likeness (QED) is 0.498. The van der Waals surface area contributed by atoms with E-state index in [1.807, 2.05) is 0 Å². The lowest BCUT2D eigenvalue weighted by Crippen LogP contribution is -2.52. The van der Waals surface area contributed by atoms with Gasteiger partial charge in [0, 0.05) is 29.9 Å². The molecule has 2 aliphatic carbocycles. The third-order valence-electron chi connectivity index (χ3n) is 6.94. The smallest absolute Gasteiger partial charge is 0.352 e. The zero-order valence-electron chi connectivity index (χ0n) is 20.1. The highest BCUT2D eigenvalue weighted by Gasteiger charge is 2.37. The normalized spacial score (nSPS) is 23.2. The molecule has 196 valence electrons. The molecule has 7 nitrogen and oxygen atoms in total. The molecule has 0 saturated heterocycles. The standard InChI is InChI=1S/C24H34F3N3O4S/c1-3-35(33,34)15-18-12-20(30(2)14-16-7-8-16)9-10-21(18)29-22(31)13-28-23(32)17-5-4-6-19(11-17)24(25,26)27/h4-6,11,16,18,20-21H,3,7-10,12-15H2,1-2H3,(H,28,32)(H,29,31)/t18-,20+,21-/m0/s1. The topological polar surface area (TPSA) is 95.6 Å². The average Bonchev–Trinajstić information content (AvgIpc) is 3.62. The summed E-state index contributed by atoms with van der Waals surface area (Å²) < 4.78 is 63.4. The van der Waals surface area contributed by atoms with Crippen molar-refractivity contribution in [1.29, 1.82) is 0 Å². The van der Waals surface area contributed by atoms with Gasteiger partial charge in [0.05, 0.1) is 17.9 Å². The summed E-state index contributed by atoms with van der Waals surface area (Å²) >= 11 is 0. The van der Waals surface area contributed by atoms with Gasteiger partial charge in [-0.05, 0) is 69.2 Å². The fourth-order valence-electron chi connectivity index (χ4n) is 4.67. The number of sulfone groups is 1. The van der Waals surface area contributed by atoms with Crippen molar-refractivity contribution in [1.82, 2.24) is 15.5 Å². The van der Waals surface area contributed by atoms with Crippen LogP contribution in [0.3, 0.4) is 0 Å². The van der Waals surface area contributed by atoms with Crippen molar-refractivity contribution in [3.8, 4) is 0 Å². The maximum Gasteiger partial charge on any atom is 0.416 e. The molecule has 1 aromatic carbocycles. The second kappa shape index (κ2) is 11.3. The minimum atomic E-state index is -4.58. The molecule has 2 N–H and O–H groups in total. The molecule has 35 heavy (non-hydrogen) atoms. The summed E-state index contributed by atoms with van der Waals surface area (Å²) in [6.07, 6.45) is -0.00735. The van der Waals surface area contributed by atoms with Crippen LogP contribution in [0.4, 0.5) is 13.2 Å². The van der Waals surface area contributed by atoms with Crippen LogP contribution in [-0.2, 0) is 20.8 Å². The first-order valence-electron chi connectivity index (χ1n) is 12.0. The molecule has 3 atom stereocenters. The van der Waals surface area contributed by atoms with Gasteiger partial charge in [0.15, 0.2) is 0 Å². The summed E-state index contributed by atoms with van der Waals surface area (Å²) in [4.78, 5) is 27.1. The van der Waals surface area contributed by atoms with Crippen LogP contribution in [0, 0.1) is 11.8 Å². The third kappa shape index (κ3) is 8.20. The molecular weight excluding hydrogens is 483 g/mol. The zero-order chi connectivity index (χ0) is 25.8. The Morgan fingerprint density at radius 1 is 1.14 bits per heavy atom. The number of hydrogen-bond donors (Lipinski definition) is 2. The van der Waals surface area contributed by atoms with Crippen molar-refractivity contribution in [2.24, 2.45) is 11.8 Å². The SMILES string of the molecule is CCS(=O)(=O)C[C@@H]1C[C@H](N(C)CC2CC2)CC[C@@H]1NC(=O)CNC(=O)c1cccc(C(F)(F)F)c1. The van der Waals surface area contributed by atoms with E-state index in [0.717, 1.165) is 37.1 Å². The van der Waals surface area contributed by atoms with E-state index < -0.39 is 39.9 Å². The van der Waals surface area contributed by atoms with Crippen LogP contribution in [0.15, 0.2) is 24.3 Å². The number of carbonyl (C=O) groups is 2. The Bertz CT molecular complexity index is 1010. The van der Waals surface area contributed by atoms with Crippen molar-refractivity contribution in [2.75, 3.05) is 31.6 Å². The molecule has 2 fully saturated rings. The monoisotopic (exact) mass is 517 g/mol. The minimum Gasteiger partial charge on any atom is -0.352 e. The van der Waals surface area contributed by atoms with E-state index >= 15 is 0 Å². The first kappa shape index (κ1) is 27.4. The molecule has 11 heteroatoms. The van der Waals surface area contributed by atoms with Gasteiger partial charge < -0.3 is 15.5 Å². The summed E-state index contributed by atoms with van der Waals surface area (Å²) in [7, 11) is -1.19. The number of nitrogens with zero attached hydrogens (tertiary/aromatic N) is 1. The van der Waals surface area contributed by atoms with E-state index in [4.69, 9.17) is 0 Å². The van der Waals surface area contributed by atoms with E-state index in [-0.39, 0.29) is 35.1 Å². The van der Waals surface area contributed by atoms with Crippen LogP contribution < -0.4 is 10.6 Å². The van der Waals surface area contributed by atoms with Crippen molar-refractivity contribution < 1.29 is 31.2 Å². The van der Waals surface area contributed by atoms with Crippen molar-refractivity contribution in [3.05, 3.63) is 35.4 Å². The Labute approximate surface area is 204 Å². The number of halogens is 3. The second-order valence-electron chi connectivity index (χ2n) is 9.74. The summed E-state index contributed by atoms with van der Waals surface area (Å²) in [5.41, 5.74) is -1.14. The van der Waals surface area contributed by atoms with Crippen molar-refractivity contribution >= 4 is 21.7 Å². The third-order valence-corrected chi connectivity index (χ3v) is 8.75. The Morgan fingerprint density at radius 2 is 1.86 bits per heavy atom. The molecule has 2 saturated carbocycles. The highest BCUT2D eigenvalue weighted by atomic mass is 32.2. The predicted molar refractivity (Wildman–Crippen MR) is 127 cm³/mol. The summed E-state index contributed by atoms with van der Waals surface area (Å²) in [5.74, 6) is -0.807. The minimum absolute atomic E-state index is 0.0151. The van der Waals surface area contributed by atoms with Gasteiger partial charge in [0.2, 0.25) is 5.91 Å². The van der Waals surface area contributed by atoms with Crippen LogP contribution in [0.1, 0.15) is 54.9 Å². The van der Waals surface area contributed by atoms with E-state index in [0.29, 0.717) is 12.8 Å². The number of nitrogens with one attached hydrogen (secondary N) is 2. The number of hydrogen-bond acceptors (Lipinski definition) is 5. The molecule has 0 aromatic heterocycles. The van der Waals surface area contributed by atoms with Gasteiger partial charge in [-0.25, -0.2) is 8.42 Å². The fourth-order valence-corrected chi connectivity index (χ4v) is 5.93. The molecule has 0 heterocycles. The fraction of sp³-hybridized carbons (Fsp3) is 0.667. The predicted octanol–water partition coefficient (Wildman–Crippen LogP) is 2.87. The molecular formula is C24H34F3N3O4S. The highest BCUT2D eigenvalue weighted by Crippen LogP contribution is 2.34. The van der Waals surface area contributed by atoms with E-state index in [1.54, 1.807) is 6.92 Å². The molecule has 2 amide bonds. The zero-order valence-corrected chi connectivity index (χ0v) is 20.9.